The normalized spacial score (nSPS) is 12.8. The summed E-state index contributed by atoms with van der Waals surface area (Å²) in [5.41, 5.74) is 0. The zero-order valence-corrected chi connectivity index (χ0v) is 12.3. The molecule has 0 heterocycles. The summed E-state index contributed by atoms with van der Waals surface area (Å²) in [6.45, 7) is 4.41. The van der Waals surface area contributed by atoms with Crippen LogP contribution in [0.25, 0.3) is 0 Å². The van der Waals surface area contributed by atoms with Gasteiger partial charge in [-0.2, -0.15) is 0 Å². The Morgan fingerprint density at radius 2 is 1.11 bits per heavy atom. The van der Waals surface area contributed by atoms with Gasteiger partial charge >= 0.3 is 0 Å². The van der Waals surface area contributed by atoms with Crippen molar-refractivity contribution in [2.75, 3.05) is 0 Å². The van der Waals surface area contributed by atoms with Gasteiger partial charge in [-0.1, -0.05) is 94.6 Å². The van der Waals surface area contributed by atoms with Crippen LogP contribution in [0.15, 0.2) is 48.6 Å². The number of hydrogen-bond acceptors (Lipinski definition) is 0. The van der Waals surface area contributed by atoms with E-state index in [1.165, 1.54) is 44.9 Å². The molecule has 0 saturated carbocycles. The minimum Gasteiger partial charge on any atom is -0.0848 e. The quantitative estimate of drug-likeness (QED) is 0.293. The standard InChI is InChI=1S/C18H30/c1-3-5-7-9-11-13-15-17-18-16-14-12-10-8-6-4-2/h5,7,9,11,13,15,17-18H,3-4,6,8,10,12,14,16H2,1-2H3/b7-5-,11-9+,15-13+,18-17-. The molecule has 18 heavy (non-hydrogen) atoms. The third-order valence-corrected chi connectivity index (χ3v) is 2.79. The van der Waals surface area contributed by atoms with E-state index in [0.717, 1.165) is 6.42 Å². The van der Waals surface area contributed by atoms with Crippen LogP contribution in [0.2, 0.25) is 0 Å². The summed E-state index contributed by atoms with van der Waals surface area (Å²) in [5, 5.41) is 0. The van der Waals surface area contributed by atoms with Gasteiger partial charge in [-0.25, -0.2) is 0 Å². The van der Waals surface area contributed by atoms with Crippen molar-refractivity contribution in [3.63, 3.8) is 0 Å². The SMILES string of the molecule is CC\C=C/C=C/C=C/C=C\CCCCCCCC. The van der Waals surface area contributed by atoms with E-state index in [0.29, 0.717) is 0 Å². The molecule has 0 aromatic heterocycles. The van der Waals surface area contributed by atoms with Gasteiger partial charge in [0.15, 0.2) is 0 Å². The van der Waals surface area contributed by atoms with E-state index in [4.69, 9.17) is 0 Å². The molecule has 0 saturated heterocycles. The van der Waals surface area contributed by atoms with Gasteiger partial charge < -0.3 is 0 Å². The number of hydrogen-bond donors (Lipinski definition) is 0. The second-order valence-electron chi connectivity index (χ2n) is 4.59. The number of rotatable bonds is 11. The van der Waals surface area contributed by atoms with Gasteiger partial charge in [-0.15, -0.1) is 0 Å². The summed E-state index contributed by atoms with van der Waals surface area (Å²) >= 11 is 0. The van der Waals surface area contributed by atoms with Crippen LogP contribution < -0.4 is 0 Å². The molecule has 0 aliphatic carbocycles. The van der Waals surface area contributed by atoms with E-state index in [1.54, 1.807) is 0 Å². The monoisotopic (exact) mass is 246 g/mol. The molecule has 0 heteroatoms. The second kappa shape index (κ2) is 16.0. The molecule has 0 spiro atoms. The lowest BCUT2D eigenvalue weighted by Gasteiger charge is -1.97. The van der Waals surface area contributed by atoms with E-state index in [1.807, 2.05) is 0 Å². The molecule has 0 radical (unpaired) electrons. The summed E-state index contributed by atoms with van der Waals surface area (Å²) in [4.78, 5) is 0. The van der Waals surface area contributed by atoms with Crippen LogP contribution in [-0.2, 0) is 0 Å². The van der Waals surface area contributed by atoms with Crippen molar-refractivity contribution >= 4 is 0 Å². The van der Waals surface area contributed by atoms with Crippen LogP contribution in [0, 0.1) is 0 Å². The number of unbranched alkanes of at least 4 members (excludes halogenated alkanes) is 6. The maximum atomic E-state index is 2.27. The zero-order chi connectivity index (χ0) is 13.3. The third kappa shape index (κ3) is 15.0. The summed E-state index contributed by atoms with van der Waals surface area (Å²) in [7, 11) is 0. The van der Waals surface area contributed by atoms with Gasteiger partial charge in [0.1, 0.15) is 0 Å². The highest BCUT2D eigenvalue weighted by molar-refractivity contribution is 5.15. The Labute approximate surface area is 114 Å². The van der Waals surface area contributed by atoms with Crippen molar-refractivity contribution in [2.24, 2.45) is 0 Å². The molecule has 0 amide bonds. The van der Waals surface area contributed by atoms with Crippen molar-refractivity contribution in [1.29, 1.82) is 0 Å². The van der Waals surface area contributed by atoms with E-state index in [-0.39, 0.29) is 0 Å². The van der Waals surface area contributed by atoms with Crippen LogP contribution in [-0.4, -0.2) is 0 Å². The second-order valence-corrected chi connectivity index (χ2v) is 4.59. The van der Waals surface area contributed by atoms with Gasteiger partial charge in [0.25, 0.3) is 0 Å². The van der Waals surface area contributed by atoms with Crippen molar-refractivity contribution in [1.82, 2.24) is 0 Å². The predicted octanol–water partition coefficient (Wildman–Crippen LogP) is 6.37. The maximum Gasteiger partial charge on any atom is -0.0348 e. The summed E-state index contributed by atoms with van der Waals surface area (Å²) in [5.74, 6) is 0. The van der Waals surface area contributed by atoms with Crippen molar-refractivity contribution in [3.8, 4) is 0 Å². The molecule has 0 nitrogen and oxygen atoms in total. The highest BCUT2D eigenvalue weighted by Crippen LogP contribution is 2.07. The Morgan fingerprint density at radius 1 is 0.556 bits per heavy atom. The molecular weight excluding hydrogens is 216 g/mol. The topological polar surface area (TPSA) is 0 Å². The first-order chi connectivity index (χ1) is 8.91. The van der Waals surface area contributed by atoms with Gasteiger partial charge in [-0.05, 0) is 19.3 Å². The minimum absolute atomic E-state index is 1.10. The van der Waals surface area contributed by atoms with Crippen molar-refractivity contribution in [2.45, 2.75) is 65.2 Å². The molecule has 0 fully saturated rings. The molecular formula is C18H30. The Bertz CT molecular complexity index is 253. The smallest absolute Gasteiger partial charge is 0.0348 e. The molecule has 0 atom stereocenters. The third-order valence-electron chi connectivity index (χ3n) is 2.79. The molecule has 0 aromatic carbocycles. The fraction of sp³-hybridized carbons (Fsp3) is 0.556. The fourth-order valence-electron chi connectivity index (χ4n) is 1.69. The van der Waals surface area contributed by atoms with E-state index in [2.05, 4.69) is 62.5 Å². The fourth-order valence-corrected chi connectivity index (χ4v) is 1.69. The Balaban J connectivity index is 3.34. The molecule has 0 unspecified atom stereocenters. The molecule has 0 aliphatic heterocycles. The Hall–Kier alpha value is -1.04. The predicted molar refractivity (Wildman–Crippen MR) is 84.8 cm³/mol. The Morgan fingerprint density at radius 3 is 1.78 bits per heavy atom. The zero-order valence-electron chi connectivity index (χ0n) is 12.3. The van der Waals surface area contributed by atoms with Crippen LogP contribution >= 0.6 is 0 Å². The molecule has 0 rings (SSSR count). The lowest BCUT2D eigenvalue weighted by atomic mass is 10.1. The van der Waals surface area contributed by atoms with Gasteiger partial charge in [-0.3, -0.25) is 0 Å². The van der Waals surface area contributed by atoms with E-state index < -0.39 is 0 Å². The lowest BCUT2D eigenvalue weighted by molar-refractivity contribution is 0.611. The summed E-state index contributed by atoms with van der Waals surface area (Å²) in [6, 6.07) is 0. The average molecular weight is 246 g/mol. The van der Waals surface area contributed by atoms with Crippen LogP contribution in [0.3, 0.4) is 0 Å². The summed E-state index contributed by atoms with van der Waals surface area (Å²) in [6.07, 6.45) is 27.6. The first kappa shape index (κ1) is 17.0. The van der Waals surface area contributed by atoms with Gasteiger partial charge in [0.05, 0.1) is 0 Å². The first-order valence-corrected chi connectivity index (χ1v) is 7.56. The molecule has 0 N–H and O–H groups in total. The summed E-state index contributed by atoms with van der Waals surface area (Å²) < 4.78 is 0. The molecule has 0 bridgehead atoms. The van der Waals surface area contributed by atoms with Crippen LogP contribution in [0.4, 0.5) is 0 Å². The Kier molecular flexibility index (Phi) is 15.0. The van der Waals surface area contributed by atoms with Crippen LogP contribution in [0.1, 0.15) is 65.2 Å². The first-order valence-electron chi connectivity index (χ1n) is 7.56. The van der Waals surface area contributed by atoms with Crippen molar-refractivity contribution in [3.05, 3.63) is 48.6 Å². The highest BCUT2D eigenvalue weighted by atomic mass is 13.9. The van der Waals surface area contributed by atoms with E-state index >= 15 is 0 Å². The average Bonchev–Trinajstić information content (AvgIpc) is 2.39. The minimum atomic E-state index is 1.10. The molecule has 0 aliphatic rings. The van der Waals surface area contributed by atoms with Crippen molar-refractivity contribution < 1.29 is 0 Å². The van der Waals surface area contributed by atoms with Crippen LogP contribution in [0.5, 0.6) is 0 Å². The van der Waals surface area contributed by atoms with Gasteiger partial charge in [0, 0.05) is 0 Å². The van der Waals surface area contributed by atoms with Gasteiger partial charge in [0.2, 0.25) is 0 Å². The maximum absolute atomic E-state index is 2.27. The number of allylic oxidation sites excluding steroid dienone is 8. The highest BCUT2D eigenvalue weighted by Gasteiger charge is 1.87. The molecule has 0 aromatic rings. The molecule has 102 valence electrons. The lowest BCUT2D eigenvalue weighted by Crippen LogP contribution is -1.77. The van der Waals surface area contributed by atoms with E-state index in [9.17, 15) is 0 Å². The largest absolute Gasteiger partial charge is 0.0848 e.